The van der Waals surface area contributed by atoms with Gasteiger partial charge in [-0.3, -0.25) is 9.59 Å². The van der Waals surface area contributed by atoms with Crippen molar-refractivity contribution in [3.05, 3.63) is 48.1 Å². The van der Waals surface area contributed by atoms with Crippen LogP contribution in [0.3, 0.4) is 0 Å². The first-order valence-corrected chi connectivity index (χ1v) is 11.7. The van der Waals surface area contributed by atoms with E-state index in [9.17, 15) is 9.59 Å². The summed E-state index contributed by atoms with van der Waals surface area (Å²) in [7, 11) is 0. The standard InChI is InChI=1S/C25H29NO2S/c1-24-11-9-17(27)13-15(24)14-21(29-18-5-3-16(26)4-6-18)23-19-7-8-22(28)25(19,2)12-10-20(23)24/h3-6,9,11,13,19-21,23H,7-8,10,12,14,26H2,1-2H3/t19?,20?,21?,23?,24-,25-/m0/s1. The van der Waals surface area contributed by atoms with Crippen LogP contribution in [0.15, 0.2) is 53.0 Å². The number of benzene rings is 1. The number of allylic oxidation sites excluding steroid dienone is 4. The average molecular weight is 408 g/mol. The first-order valence-electron chi connectivity index (χ1n) is 10.8. The van der Waals surface area contributed by atoms with Gasteiger partial charge in [-0.05, 0) is 79.9 Å². The highest BCUT2D eigenvalue weighted by atomic mass is 32.2. The van der Waals surface area contributed by atoms with E-state index in [1.165, 1.54) is 10.5 Å². The molecule has 4 heteroatoms. The second kappa shape index (κ2) is 6.60. The van der Waals surface area contributed by atoms with Crippen molar-refractivity contribution in [1.82, 2.24) is 0 Å². The van der Waals surface area contributed by atoms with Crippen LogP contribution in [0, 0.1) is 28.6 Å². The molecule has 4 unspecified atom stereocenters. The summed E-state index contributed by atoms with van der Waals surface area (Å²) in [4.78, 5) is 26.2. The molecule has 152 valence electrons. The Morgan fingerprint density at radius 3 is 2.59 bits per heavy atom. The molecule has 0 amide bonds. The Bertz CT molecular complexity index is 933. The summed E-state index contributed by atoms with van der Waals surface area (Å²) in [6.45, 7) is 4.55. The summed E-state index contributed by atoms with van der Waals surface area (Å²) in [6.07, 6.45) is 10.6. The average Bonchev–Trinajstić information content (AvgIpc) is 3.00. The molecule has 1 aromatic rings. The van der Waals surface area contributed by atoms with E-state index >= 15 is 0 Å². The molecule has 4 aliphatic carbocycles. The first kappa shape index (κ1) is 19.2. The van der Waals surface area contributed by atoms with E-state index in [-0.39, 0.29) is 16.6 Å². The van der Waals surface area contributed by atoms with Gasteiger partial charge in [0.15, 0.2) is 5.78 Å². The molecule has 5 rings (SSSR count). The normalized spacial score (nSPS) is 40.8. The highest BCUT2D eigenvalue weighted by molar-refractivity contribution is 8.00. The van der Waals surface area contributed by atoms with E-state index in [4.69, 9.17) is 5.73 Å². The van der Waals surface area contributed by atoms with Crippen LogP contribution in [0.25, 0.3) is 0 Å². The van der Waals surface area contributed by atoms with Crippen molar-refractivity contribution in [2.24, 2.45) is 28.6 Å². The molecular weight excluding hydrogens is 378 g/mol. The predicted molar refractivity (Wildman–Crippen MR) is 118 cm³/mol. The second-order valence-electron chi connectivity index (χ2n) is 9.83. The quantitative estimate of drug-likeness (QED) is 0.683. The van der Waals surface area contributed by atoms with Crippen LogP contribution < -0.4 is 5.73 Å². The van der Waals surface area contributed by atoms with Crippen molar-refractivity contribution in [1.29, 1.82) is 0 Å². The van der Waals surface area contributed by atoms with Crippen molar-refractivity contribution in [2.75, 3.05) is 5.73 Å². The number of carbonyl (C=O) groups is 2. The van der Waals surface area contributed by atoms with Gasteiger partial charge in [-0.2, -0.15) is 0 Å². The van der Waals surface area contributed by atoms with Crippen LogP contribution in [0.4, 0.5) is 5.69 Å². The maximum absolute atomic E-state index is 12.8. The molecule has 2 N–H and O–H groups in total. The number of hydrogen-bond donors (Lipinski definition) is 1. The van der Waals surface area contributed by atoms with Crippen molar-refractivity contribution in [2.45, 2.75) is 56.1 Å². The minimum Gasteiger partial charge on any atom is -0.399 e. The topological polar surface area (TPSA) is 60.2 Å². The largest absolute Gasteiger partial charge is 0.399 e. The molecule has 3 fully saturated rings. The number of nitrogens with two attached hydrogens (primary N) is 1. The third-order valence-corrected chi connectivity index (χ3v) is 9.76. The Labute approximate surface area is 177 Å². The van der Waals surface area contributed by atoms with Crippen LogP contribution in [0.2, 0.25) is 0 Å². The second-order valence-corrected chi connectivity index (χ2v) is 11.1. The van der Waals surface area contributed by atoms with Gasteiger partial charge in [-0.1, -0.05) is 25.5 Å². The smallest absolute Gasteiger partial charge is 0.178 e. The molecular formula is C25H29NO2S. The SMILES string of the molecule is C[C@]12C=CC(=O)C=C1CC(Sc1ccc(N)cc1)C1C2CC[C@]2(C)C(=O)CCC12. The Balaban J connectivity index is 1.56. The van der Waals surface area contributed by atoms with Crippen LogP contribution in [-0.2, 0) is 9.59 Å². The molecule has 0 aliphatic heterocycles. The van der Waals surface area contributed by atoms with Gasteiger partial charge in [-0.15, -0.1) is 11.8 Å². The summed E-state index contributed by atoms with van der Waals surface area (Å²) in [6, 6.07) is 8.13. The maximum atomic E-state index is 12.8. The number of ketones is 2. The number of rotatable bonds is 2. The summed E-state index contributed by atoms with van der Waals surface area (Å²) in [5.74, 6) is 2.01. The molecule has 0 heterocycles. The minimum atomic E-state index is -0.160. The third kappa shape index (κ3) is 2.86. The number of thioether (sulfide) groups is 1. The summed E-state index contributed by atoms with van der Waals surface area (Å²) >= 11 is 1.92. The zero-order valence-corrected chi connectivity index (χ0v) is 18.0. The van der Waals surface area contributed by atoms with E-state index in [0.29, 0.717) is 28.8 Å². The molecule has 3 saturated carbocycles. The van der Waals surface area contributed by atoms with Gasteiger partial charge in [0.05, 0.1) is 0 Å². The Morgan fingerprint density at radius 1 is 1.07 bits per heavy atom. The fraction of sp³-hybridized carbons (Fsp3) is 0.520. The number of nitrogen functional groups attached to an aromatic ring is 1. The highest BCUT2D eigenvalue weighted by Gasteiger charge is 2.61. The fourth-order valence-electron chi connectivity index (χ4n) is 6.76. The Morgan fingerprint density at radius 2 is 1.83 bits per heavy atom. The molecule has 0 radical (unpaired) electrons. The summed E-state index contributed by atoms with van der Waals surface area (Å²) < 4.78 is 0. The summed E-state index contributed by atoms with van der Waals surface area (Å²) in [5.41, 5.74) is 7.74. The van der Waals surface area contributed by atoms with E-state index in [2.05, 4.69) is 32.1 Å². The monoisotopic (exact) mass is 407 g/mol. The molecule has 0 bridgehead atoms. The van der Waals surface area contributed by atoms with E-state index < -0.39 is 0 Å². The van der Waals surface area contributed by atoms with E-state index in [1.807, 2.05) is 30.0 Å². The van der Waals surface area contributed by atoms with Gasteiger partial charge < -0.3 is 5.73 Å². The van der Waals surface area contributed by atoms with Gasteiger partial charge in [0.25, 0.3) is 0 Å². The third-order valence-electron chi connectivity index (χ3n) is 8.43. The first-order chi connectivity index (χ1) is 13.8. The lowest BCUT2D eigenvalue weighted by molar-refractivity contribution is -0.131. The van der Waals surface area contributed by atoms with E-state index in [0.717, 1.165) is 37.8 Å². The number of hydrogen-bond acceptors (Lipinski definition) is 4. The number of anilines is 1. The highest BCUT2D eigenvalue weighted by Crippen LogP contribution is 2.65. The van der Waals surface area contributed by atoms with Gasteiger partial charge in [0.1, 0.15) is 5.78 Å². The van der Waals surface area contributed by atoms with Gasteiger partial charge >= 0.3 is 0 Å². The van der Waals surface area contributed by atoms with Crippen molar-refractivity contribution in [3.63, 3.8) is 0 Å². The summed E-state index contributed by atoms with van der Waals surface area (Å²) in [5, 5.41) is 0.387. The molecule has 6 atom stereocenters. The fourth-order valence-corrected chi connectivity index (χ4v) is 8.20. The van der Waals surface area contributed by atoms with Crippen molar-refractivity contribution < 1.29 is 9.59 Å². The number of carbonyl (C=O) groups excluding carboxylic acids is 2. The van der Waals surface area contributed by atoms with Crippen molar-refractivity contribution in [3.8, 4) is 0 Å². The molecule has 4 aliphatic rings. The Hall–Kier alpha value is -1.81. The Kier molecular flexibility index (Phi) is 4.36. The molecule has 1 aromatic carbocycles. The van der Waals surface area contributed by atoms with E-state index in [1.54, 1.807) is 6.08 Å². The molecule has 29 heavy (non-hydrogen) atoms. The molecule has 0 saturated heterocycles. The van der Waals surface area contributed by atoms with Gasteiger partial charge in [0, 0.05) is 33.1 Å². The lowest BCUT2D eigenvalue weighted by Gasteiger charge is -2.58. The van der Waals surface area contributed by atoms with Gasteiger partial charge in [0.2, 0.25) is 0 Å². The van der Waals surface area contributed by atoms with Crippen LogP contribution in [0.5, 0.6) is 0 Å². The lowest BCUT2D eigenvalue weighted by atomic mass is 9.48. The zero-order valence-electron chi connectivity index (χ0n) is 17.2. The maximum Gasteiger partial charge on any atom is 0.178 e. The predicted octanol–water partition coefficient (Wildman–Crippen LogP) is 5.22. The zero-order chi connectivity index (χ0) is 20.4. The number of Topliss-reactive ketones (excluding diaryl/α,β-unsaturated/α-hetero) is 1. The van der Waals surface area contributed by atoms with Crippen LogP contribution in [-0.4, -0.2) is 16.8 Å². The van der Waals surface area contributed by atoms with Crippen LogP contribution >= 0.6 is 11.8 Å². The van der Waals surface area contributed by atoms with Crippen molar-refractivity contribution >= 4 is 29.0 Å². The lowest BCUT2D eigenvalue weighted by Crippen LogP contribution is -2.54. The molecule has 3 nitrogen and oxygen atoms in total. The van der Waals surface area contributed by atoms with Gasteiger partial charge in [-0.25, -0.2) is 0 Å². The van der Waals surface area contributed by atoms with Crippen LogP contribution in [0.1, 0.15) is 46.0 Å². The molecule has 0 aromatic heterocycles. The minimum absolute atomic E-state index is 0.0519. The molecule has 0 spiro atoms. The number of fused-ring (bicyclic) bond motifs is 5.